The van der Waals surface area contributed by atoms with E-state index in [-0.39, 0.29) is 0 Å². The Morgan fingerprint density at radius 3 is 1.46 bits per heavy atom. The molecule has 174 valence electrons. The molecule has 0 spiro atoms. The highest BCUT2D eigenvalue weighted by Crippen LogP contribution is 2.42. The van der Waals surface area contributed by atoms with Crippen LogP contribution in [0.3, 0.4) is 0 Å². The Bertz CT molecular complexity index is 1860. The van der Waals surface area contributed by atoms with Gasteiger partial charge in [-0.25, -0.2) is 0 Å². The van der Waals surface area contributed by atoms with Crippen molar-refractivity contribution in [2.45, 2.75) is 0 Å². The molecule has 37 heavy (non-hydrogen) atoms. The van der Waals surface area contributed by atoms with E-state index in [2.05, 4.69) is 151 Å². The van der Waals surface area contributed by atoms with Crippen molar-refractivity contribution >= 4 is 21.8 Å². The summed E-state index contributed by atoms with van der Waals surface area (Å²) in [6.07, 6.45) is 0. The van der Waals surface area contributed by atoms with E-state index in [1.807, 2.05) is 0 Å². The van der Waals surface area contributed by atoms with Crippen molar-refractivity contribution in [1.29, 1.82) is 0 Å². The van der Waals surface area contributed by atoms with E-state index in [0.29, 0.717) is 0 Å². The third kappa shape index (κ3) is 3.73. The standard InChI is InChI=1S/C36H25N/c1-3-13-25(14-4-1)28-17-7-8-19-30(28)27-23-33(36-34(24-27)32-21-11-12-22-35(32)37-36)31-20-10-9-18-29(31)26-15-5-2-6-16-26/h1-24,37H. The Kier molecular flexibility index (Phi) is 5.19. The number of rotatable bonds is 4. The van der Waals surface area contributed by atoms with Gasteiger partial charge in [0.2, 0.25) is 0 Å². The molecule has 0 aliphatic heterocycles. The van der Waals surface area contributed by atoms with E-state index in [0.717, 1.165) is 5.52 Å². The summed E-state index contributed by atoms with van der Waals surface area (Å²) in [4.78, 5) is 3.75. The van der Waals surface area contributed by atoms with Crippen LogP contribution in [0.2, 0.25) is 0 Å². The molecule has 0 aliphatic carbocycles. The number of aromatic amines is 1. The zero-order valence-corrected chi connectivity index (χ0v) is 20.4. The molecule has 6 aromatic carbocycles. The highest BCUT2D eigenvalue weighted by molar-refractivity contribution is 6.14. The minimum absolute atomic E-state index is 1.16. The van der Waals surface area contributed by atoms with Crippen LogP contribution in [0.4, 0.5) is 0 Å². The van der Waals surface area contributed by atoms with E-state index in [9.17, 15) is 0 Å². The van der Waals surface area contributed by atoms with Gasteiger partial charge in [-0.1, -0.05) is 127 Å². The number of H-pyrrole nitrogens is 1. The van der Waals surface area contributed by atoms with Gasteiger partial charge >= 0.3 is 0 Å². The molecule has 0 radical (unpaired) electrons. The first-order valence-corrected chi connectivity index (χ1v) is 12.7. The van der Waals surface area contributed by atoms with Gasteiger partial charge < -0.3 is 4.98 Å². The Morgan fingerprint density at radius 1 is 0.324 bits per heavy atom. The molecule has 1 heteroatoms. The zero-order chi connectivity index (χ0) is 24.6. The molecule has 0 aliphatic rings. The van der Waals surface area contributed by atoms with E-state index in [4.69, 9.17) is 0 Å². The first kappa shape index (κ1) is 21.4. The van der Waals surface area contributed by atoms with E-state index in [1.54, 1.807) is 0 Å². The summed E-state index contributed by atoms with van der Waals surface area (Å²) in [6, 6.07) is 52.1. The van der Waals surface area contributed by atoms with Crippen LogP contribution in [0, 0.1) is 0 Å². The van der Waals surface area contributed by atoms with E-state index in [1.165, 1.54) is 60.8 Å². The molecule has 0 bridgehead atoms. The van der Waals surface area contributed by atoms with Crippen LogP contribution in [0.5, 0.6) is 0 Å². The van der Waals surface area contributed by atoms with Crippen molar-refractivity contribution in [3.05, 3.63) is 146 Å². The molecule has 1 heterocycles. The molecule has 0 amide bonds. The van der Waals surface area contributed by atoms with Crippen molar-refractivity contribution in [3.63, 3.8) is 0 Å². The fraction of sp³-hybridized carbons (Fsp3) is 0. The summed E-state index contributed by atoms with van der Waals surface area (Å²) in [5.74, 6) is 0. The SMILES string of the molecule is c1ccc(-c2ccccc2-c2cc(-c3ccccc3-c3ccccc3)c3[nH]c4ccccc4c3c2)cc1. The molecular weight excluding hydrogens is 446 g/mol. The molecule has 1 N–H and O–H groups in total. The molecule has 0 fully saturated rings. The fourth-order valence-electron chi connectivity index (χ4n) is 5.51. The van der Waals surface area contributed by atoms with Gasteiger partial charge in [0.1, 0.15) is 0 Å². The molecule has 0 saturated carbocycles. The first-order chi connectivity index (χ1) is 18.4. The normalized spacial score (nSPS) is 11.2. The van der Waals surface area contributed by atoms with Gasteiger partial charge in [-0.15, -0.1) is 0 Å². The number of hydrogen-bond donors (Lipinski definition) is 1. The number of aromatic nitrogens is 1. The summed E-state index contributed by atoms with van der Waals surface area (Å²) in [7, 11) is 0. The summed E-state index contributed by atoms with van der Waals surface area (Å²) in [5.41, 5.74) is 12.1. The smallest absolute Gasteiger partial charge is 0.0545 e. The average molecular weight is 472 g/mol. The lowest BCUT2D eigenvalue weighted by molar-refractivity contribution is 1.52. The number of benzene rings is 6. The summed E-state index contributed by atoms with van der Waals surface area (Å²) >= 11 is 0. The predicted molar refractivity (Wildman–Crippen MR) is 158 cm³/mol. The number of nitrogens with one attached hydrogen (secondary N) is 1. The Balaban J connectivity index is 1.56. The molecule has 7 aromatic rings. The van der Waals surface area contributed by atoms with E-state index < -0.39 is 0 Å². The Hall–Kier alpha value is -4.88. The lowest BCUT2D eigenvalue weighted by atomic mass is 9.88. The molecule has 0 atom stereocenters. The highest BCUT2D eigenvalue weighted by Gasteiger charge is 2.17. The second kappa shape index (κ2) is 8.96. The Morgan fingerprint density at radius 2 is 0.811 bits per heavy atom. The van der Waals surface area contributed by atoms with Gasteiger partial charge in [0.25, 0.3) is 0 Å². The van der Waals surface area contributed by atoms with Gasteiger partial charge in [-0.2, -0.15) is 0 Å². The van der Waals surface area contributed by atoms with Crippen molar-refractivity contribution in [3.8, 4) is 44.5 Å². The van der Waals surface area contributed by atoms with Gasteiger partial charge in [0.15, 0.2) is 0 Å². The van der Waals surface area contributed by atoms with Crippen molar-refractivity contribution in [1.82, 2.24) is 4.98 Å². The zero-order valence-electron chi connectivity index (χ0n) is 20.4. The topological polar surface area (TPSA) is 15.8 Å². The second-order valence-corrected chi connectivity index (χ2v) is 9.44. The van der Waals surface area contributed by atoms with Gasteiger partial charge in [-0.3, -0.25) is 0 Å². The van der Waals surface area contributed by atoms with Crippen LogP contribution in [-0.4, -0.2) is 4.98 Å². The van der Waals surface area contributed by atoms with Crippen LogP contribution in [0.25, 0.3) is 66.3 Å². The molecule has 0 unspecified atom stereocenters. The minimum Gasteiger partial charge on any atom is -0.354 e. The number of fused-ring (bicyclic) bond motifs is 3. The van der Waals surface area contributed by atoms with Gasteiger partial charge in [0, 0.05) is 21.9 Å². The monoisotopic (exact) mass is 471 g/mol. The summed E-state index contributed by atoms with van der Waals surface area (Å²) < 4.78 is 0. The lowest BCUT2D eigenvalue weighted by Crippen LogP contribution is -1.90. The van der Waals surface area contributed by atoms with E-state index >= 15 is 0 Å². The maximum atomic E-state index is 3.75. The third-order valence-corrected chi connectivity index (χ3v) is 7.24. The molecular formula is C36H25N. The van der Waals surface area contributed by atoms with Gasteiger partial charge in [-0.05, 0) is 57.1 Å². The minimum atomic E-state index is 1.16. The quantitative estimate of drug-likeness (QED) is 0.263. The van der Waals surface area contributed by atoms with Crippen LogP contribution in [0.1, 0.15) is 0 Å². The molecule has 7 rings (SSSR count). The summed E-state index contributed by atoms with van der Waals surface area (Å²) in [5, 5.41) is 2.49. The van der Waals surface area contributed by atoms with Crippen molar-refractivity contribution < 1.29 is 0 Å². The molecule has 1 nitrogen and oxygen atoms in total. The lowest BCUT2D eigenvalue weighted by Gasteiger charge is -2.15. The maximum absolute atomic E-state index is 3.75. The predicted octanol–water partition coefficient (Wildman–Crippen LogP) is 9.99. The van der Waals surface area contributed by atoms with Crippen LogP contribution in [-0.2, 0) is 0 Å². The summed E-state index contributed by atoms with van der Waals surface area (Å²) in [6.45, 7) is 0. The largest absolute Gasteiger partial charge is 0.354 e. The number of para-hydroxylation sites is 1. The van der Waals surface area contributed by atoms with Crippen molar-refractivity contribution in [2.75, 3.05) is 0 Å². The fourth-order valence-corrected chi connectivity index (χ4v) is 5.51. The van der Waals surface area contributed by atoms with Crippen LogP contribution < -0.4 is 0 Å². The van der Waals surface area contributed by atoms with Gasteiger partial charge in [0.05, 0.1) is 5.52 Å². The van der Waals surface area contributed by atoms with Crippen LogP contribution in [0.15, 0.2) is 146 Å². The van der Waals surface area contributed by atoms with Crippen molar-refractivity contribution in [2.24, 2.45) is 0 Å². The second-order valence-electron chi connectivity index (χ2n) is 9.44. The van der Waals surface area contributed by atoms with Crippen LogP contribution >= 0.6 is 0 Å². The first-order valence-electron chi connectivity index (χ1n) is 12.7. The molecule has 0 saturated heterocycles. The third-order valence-electron chi connectivity index (χ3n) is 7.24. The Labute approximate surface area is 216 Å². The maximum Gasteiger partial charge on any atom is 0.0545 e. The highest BCUT2D eigenvalue weighted by atomic mass is 14.7. The number of hydrogen-bond acceptors (Lipinski definition) is 0. The molecule has 1 aromatic heterocycles. The average Bonchev–Trinajstić information content (AvgIpc) is 3.36.